The maximum Gasteiger partial charge on any atom is 0.131 e. The predicted octanol–water partition coefficient (Wildman–Crippen LogP) is 4.64. The number of hydrogen-bond donors (Lipinski definition) is 1. The molecule has 0 radical (unpaired) electrons. The number of halogens is 1. The summed E-state index contributed by atoms with van der Waals surface area (Å²) in [4.78, 5) is 0. The first-order chi connectivity index (χ1) is 9.47. The van der Waals surface area contributed by atoms with Crippen molar-refractivity contribution in [2.75, 3.05) is 0 Å². The quantitative estimate of drug-likeness (QED) is 0.861. The molecule has 2 N–H and O–H groups in total. The fourth-order valence-corrected chi connectivity index (χ4v) is 2.23. The third kappa shape index (κ3) is 2.91. The summed E-state index contributed by atoms with van der Waals surface area (Å²) in [5.41, 5.74) is 9.51. The van der Waals surface area contributed by atoms with E-state index in [1.165, 1.54) is 11.6 Å². The molecule has 0 saturated heterocycles. The lowest BCUT2D eigenvalue weighted by Crippen LogP contribution is -2.14. The number of nitrogens with two attached hydrogens (primary N) is 1. The van der Waals surface area contributed by atoms with Gasteiger partial charge in [-0.2, -0.15) is 0 Å². The van der Waals surface area contributed by atoms with E-state index in [0.29, 0.717) is 12.1 Å². The van der Waals surface area contributed by atoms with Gasteiger partial charge in [-0.15, -0.1) is 0 Å². The topological polar surface area (TPSA) is 26.0 Å². The minimum Gasteiger partial charge on any atom is -0.326 e. The molecule has 0 aliphatic rings. The van der Waals surface area contributed by atoms with E-state index in [0.717, 1.165) is 17.5 Å². The van der Waals surface area contributed by atoms with Crippen LogP contribution in [0.1, 0.15) is 38.3 Å². The first-order valence-electron chi connectivity index (χ1n) is 7.07. The van der Waals surface area contributed by atoms with Crippen molar-refractivity contribution in [2.45, 2.75) is 39.2 Å². The van der Waals surface area contributed by atoms with Crippen molar-refractivity contribution in [1.82, 2.24) is 0 Å². The fourth-order valence-electron chi connectivity index (χ4n) is 2.23. The SMILES string of the molecule is CCC(C)(C)c1ccc(-c2cc(CN)ccc2F)cc1. The van der Waals surface area contributed by atoms with Gasteiger partial charge in [0.15, 0.2) is 0 Å². The second-order valence-corrected chi connectivity index (χ2v) is 5.83. The van der Waals surface area contributed by atoms with Crippen LogP contribution in [-0.2, 0) is 12.0 Å². The molecule has 0 aliphatic heterocycles. The van der Waals surface area contributed by atoms with Crippen molar-refractivity contribution in [3.8, 4) is 11.1 Å². The highest BCUT2D eigenvalue weighted by molar-refractivity contribution is 5.65. The van der Waals surface area contributed by atoms with E-state index >= 15 is 0 Å². The molecule has 0 amide bonds. The molecule has 2 heteroatoms. The standard InChI is InChI=1S/C18H22FN/c1-4-18(2,3)15-8-6-14(7-9-15)16-11-13(12-20)5-10-17(16)19/h5-11H,4,12,20H2,1-3H3. The average Bonchev–Trinajstić information content (AvgIpc) is 2.48. The van der Waals surface area contributed by atoms with E-state index in [2.05, 4.69) is 32.9 Å². The molecule has 0 saturated carbocycles. The zero-order valence-corrected chi connectivity index (χ0v) is 12.4. The van der Waals surface area contributed by atoms with Gasteiger partial charge in [0.1, 0.15) is 5.82 Å². The van der Waals surface area contributed by atoms with Crippen LogP contribution in [0.25, 0.3) is 11.1 Å². The monoisotopic (exact) mass is 271 g/mol. The Hall–Kier alpha value is -1.67. The van der Waals surface area contributed by atoms with Crippen molar-refractivity contribution < 1.29 is 4.39 Å². The molecule has 0 atom stereocenters. The second-order valence-electron chi connectivity index (χ2n) is 5.83. The fraction of sp³-hybridized carbons (Fsp3) is 0.333. The molecule has 2 aromatic carbocycles. The summed E-state index contributed by atoms with van der Waals surface area (Å²) in [6, 6.07) is 13.2. The molecule has 106 valence electrons. The molecule has 1 nitrogen and oxygen atoms in total. The van der Waals surface area contributed by atoms with Gasteiger partial charge in [0.05, 0.1) is 0 Å². The van der Waals surface area contributed by atoms with Crippen LogP contribution in [0.5, 0.6) is 0 Å². The third-order valence-corrected chi connectivity index (χ3v) is 4.13. The number of benzene rings is 2. The molecule has 2 rings (SSSR count). The van der Waals surface area contributed by atoms with Gasteiger partial charge in [-0.05, 0) is 40.7 Å². The van der Waals surface area contributed by atoms with Crippen LogP contribution in [0.2, 0.25) is 0 Å². The minimum atomic E-state index is -0.204. The Kier molecular flexibility index (Phi) is 4.24. The van der Waals surface area contributed by atoms with Gasteiger partial charge in [-0.3, -0.25) is 0 Å². The third-order valence-electron chi connectivity index (χ3n) is 4.13. The van der Waals surface area contributed by atoms with Gasteiger partial charge in [-0.25, -0.2) is 4.39 Å². The molecular weight excluding hydrogens is 249 g/mol. The predicted molar refractivity (Wildman–Crippen MR) is 83.0 cm³/mol. The summed E-state index contributed by atoms with van der Waals surface area (Å²) >= 11 is 0. The Morgan fingerprint density at radius 1 is 1.05 bits per heavy atom. The van der Waals surface area contributed by atoms with Gasteiger partial charge in [0.25, 0.3) is 0 Å². The summed E-state index contributed by atoms with van der Waals surface area (Å²) in [6.45, 7) is 7.04. The van der Waals surface area contributed by atoms with Gasteiger partial charge in [-0.1, -0.05) is 51.1 Å². The summed E-state index contributed by atoms with van der Waals surface area (Å²) in [5.74, 6) is -0.204. The van der Waals surface area contributed by atoms with Crippen molar-refractivity contribution in [3.05, 3.63) is 59.4 Å². The van der Waals surface area contributed by atoms with Crippen molar-refractivity contribution in [1.29, 1.82) is 0 Å². The highest BCUT2D eigenvalue weighted by Gasteiger charge is 2.17. The summed E-state index contributed by atoms with van der Waals surface area (Å²) in [6.07, 6.45) is 1.07. The maximum absolute atomic E-state index is 14.0. The van der Waals surface area contributed by atoms with Crippen molar-refractivity contribution in [2.24, 2.45) is 5.73 Å². The van der Waals surface area contributed by atoms with Gasteiger partial charge in [0.2, 0.25) is 0 Å². The van der Waals surface area contributed by atoms with Crippen molar-refractivity contribution >= 4 is 0 Å². The second kappa shape index (κ2) is 5.76. The molecule has 20 heavy (non-hydrogen) atoms. The van der Waals surface area contributed by atoms with Crippen molar-refractivity contribution in [3.63, 3.8) is 0 Å². The minimum absolute atomic E-state index is 0.149. The summed E-state index contributed by atoms with van der Waals surface area (Å²) in [7, 11) is 0. The molecule has 0 bridgehead atoms. The highest BCUT2D eigenvalue weighted by atomic mass is 19.1. The normalized spacial score (nSPS) is 11.7. The summed E-state index contributed by atoms with van der Waals surface area (Å²) in [5, 5.41) is 0. The van der Waals surface area contributed by atoms with Crippen LogP contribution >= 0.6 is 0 Å². The lowest BCUT2D eigenvalue weighted by molar-refractivity contribution is 0.506. The van der Waals surface area contributed by atoms with Crippen LogP contribution in [-0.4, -0.2) is 0 Å². The Labute approximate surface area is 120 Å². The Morgan fingerprint density at radius 3 is 2.25 bits per heavy atom. The zero-order chi connectivity index (χ0) is 14.8. The van der Waals surface area contributed by atoms with E-state index in [1.54, 1.807) is 6.07 Å². The van der Waals surface area contributed by atoms with Crippen LogP contribution in [0.4, 0.5) is 4.39 Å². The van der Waals surface area contributed by atoms with E-state index in [4.69, 9.17) is 5.73 Å². The van der Waals surface area contributed by atoms with Gasteiger partial charge < -0.3 is 5.73 Å². The zero-order valence-electron chi connectivity index (χ0n) is 12.4. The molecular formula is C18H22FN. The Morgan fingerprint density at radius 2 is 1.70 bits per heavy atom. The van der Waals surface area contributed by atoms with E-state index < -0.39 is 0 Å². The number of hydrogen-bond acceptors (Lipinski definition) is 1. The van der Waals surface area contributed by atoms with Gasteiger partial charge >= 0.3 is 0 Å². The van der Waals surface area contributed by atoms with Crippen LogP contribution in [0, 0.1) is 5.82 Å². The first-order valence-corrected chi connectivity index (χ1v) is 7.07. The molecule has 2 aromatic rings. The lowest BCUT2D eigenvalue weighted by Gasteiger charge is -2.23. The molecule has 0 aliphatic carbocycles. The Bertz CT molecular complexity index is 585. The maximum atomic E-state index is 14.0. The average molecular weight is 271 g/mol. The molecule has 0 aromatic heterocycles. The summed E-state index contributed by atoms with van der Waals surface area (Å²) < 4.78 is 14.0. The van der Waals surface area contributed by atoms with Crippen LogP contribution in [0.15, 0.2) is 42.5 Å². The number of rotatable bonds is 4. The van der Waals surface area contributed by atoms with Crippen LogP contribution in [0.3, 0.4) is 0 Å². The van der Waals surface area contributed by atoms with Gasteiger partial charge in [0, 0.05) is 12.1 Å². The molecule has 0 spiro atoms. The smallest absolute Gasteiger partial charge is 0.131 e. The largest absolute Gasteiger partial charge is 0.326 e. The highest BCUT2D eigenvalue weighted by Crippen LogP contribution is 2.30. The lowest BCUT2D eigenvalue weighted by atomic mass is 9.82. The molecule has 0 fully saturated rings. The Balaban J connectivity index is 2.40. The molecule has 0 unspecified atom stereocenters. The van der Waals surface area contributed by atoms with E-state index in [-0.39, 0.29) is 11.2 Å². The first kappa shape index (κ1) is 14.7. The van der Waals surface area contributed by atoms with Crippen LogP contribution < -0.4 is 5.73 Å². The van der Waals surface area contributed by atoms with E-state index in [1.807, 2.05) is 18.2 Å². The molecule has 0 heterocycles. The van der Waals surface area contributed by atoms with E-state index in [9.17, 15) is 4.39 Å².